The molecular formula is C17H26N2O2S. The lowest BCUT2D eigenvalue weighted by atomic mass is 9.99. The van der Waals surface area contributed by atoms with Gasteiger partial charge in [0, 0.05) is 24.5 Å². The first-order valence-electron chi connectivity index (χ1n) is 7.89. The maximum Gasteiger partial charge on any atom is 0.236 e. The van der Waals surface area contributed by atoms with Gasteiger partial charge in [0.05, 0.1) is 0 Å². The molecule has 0 saturated carbocycles. The van der Waals surface area contributed by atoms with Crippen molar-refractivity contribution in [2.24, 2.45) is 0 Å². The molecule has 4 nitrogen and oxygen atoms in total. The minimum Gasteiger partial charge on any atom is -0.301 e. The Morgan fingerprint density at radius 1 is 1.32 bits per heavy atom. The van der Waals surface area contributed by atoms with E-state index in [1.54, 1.807) is 13.1 Å². The number of benzene rings is 1. The van der Waals surface area contributed by atoms with E-state index >= 15 is 0 Å². The highest BCUT2D eigenvalue weighted by molar-refractivity contribution is 7.92. The number of hydrogen-bond acceptors (Lipinski definition) is 3. The van der Waals surface area contributed by atoms with Crippen LogP contribution in [0.5, 0.6) is 0 Å². The average Bonchev–Trinajstić information content (AvgIpc) is 2.53. The van der Waals surface area contributed by atoms with Crippen molar-refractivity contribution in [2.75, 3.05) is 20.1 Å². The van der Waals surface area contributed by atoms with Gasteiger partial charge in [0.1, 0.15) is 0 Å². The molecule has 0 N–H and O–H groups in total. The van der Waals surface area contributed by atoms with Crippen LogP contribution in [0.3, 0.4) is 0 Å². The fourth-order valence-corrected chi connectivity index (χ4v) is 4.16. The monoisotopic (exact) mass is 322 g/mol. The summed E-state index contributed by atoms with van der Waals surface area (Å²) in [4.78, 5) is 2.40. The average molecular weight is 322 g/mol. The van der Waals surface area contributed by atoms with Gasteiger partial charge in [-0.25, -0.2) is 8.42 Å². The Kier molecular flexibility index (Phi) is 5.78. The number of rotatable bonds is 5. The molecule has 1 aliphatic rings. The summed E-state index contributed by atoms with van der Waals surface area (Å²) in [5.74, 6) is 0. The number of hydrogen-bond donors (Lipinski definition) is 0. The van der Waals surface area contributed by atoms with Crippen LogP contribution in [-0.2, 0) is 10.0 Å². The predicted molar refractivity (Wildman–Crippen MR) is 91.9 cm³/mol. The highest BCUT2D eigenvalue weighted by Crippen LogP contribution is 2.23. The Morgan fingerprint density at radius 2 is 2.00 bits per heavy atom. The van der Waals surface area contributed by atoms with Crippen molar-refractivity contribution < 1.29 is 8.42 Å². The third-order valence-corrected chi connectivity index (χ3v) is 6.12. The molecule has 0 spiro atoms. The molecule has 0 radical (unpaired) electrons. The molecule has 2 rings (SSSR count). The molecule has 0 bridgehead atoms. The van der Waals surface area contributed by atoms with Crippen LogP contribution in [0.1, 0.15) is 32.3 Å². The summed E-state index contributed by atoms with van der Waals surface area (Å²) < 4.78 is 26.5. The SMILES string of the molecule is CCN1CC[C@H](N(C)S(=O)(=O)/C=C/c2ccccc2)C[C@H]1C. The Balaban J connectivity index is 2.05. The van der Waals surface area contributed by atoms with Gasteiger partial charge in [-0.15, -0.1) is 0 Å². The minimum absolute atomic E-state index is 0.0863. The molecule has 122 valence electrons. The van der Waals surface area contributed by atoms with Gasteiger partial charge in [-0.3, -0.25) is 0 Å². The van der Waals surface area contributed by atoms with Crippen LogP contribution in [0.4, 0.5) is 0 Å². The van der Waals surface area contributed by atoms with E-state index in [0.717, 1.165) is 31.5 Å². The highest BCUT2D eigenvalue weighted by atomic mass is 32.2. The lowest BCUT2D eigenvalue weighted by Gasteiger charge is -2.39. The predicted octanol–water partition coefficient (Wildman–Crippen LogP) is 2.79. The summed E-state index contributed by atoms with van der Waals surface area (Å²) in [7, 11) is -1.67. The van der Waals surface area contributed by atoms with E-state index < -0.39 is 10.0 Å². The van der Waals surface area contributed by atoms with Gasteiger partial charge in [-0.05, 0) is 44.5 Å². The van der Waals surface area contributed by atoms with Crippen molar-refractivity contribution in [1.29, 1.82) is 0 Å². The molecule has 22 heavy (non-hydrogen) atoms. The molecule has 0 amide bonds. The molecule has 0 aliphatic carbocycles. The second kappa shape index (κ2) is 7.40. The first-order valence-corrected chi connectivity index (χ1v) is 9.39. The first-order chi connectivity index (χ1) is 10.4. The highest BCUT2D eigenvalue weighted by Gasteiger charge is 2.31. The molecule has 1 heterocycles. The van der Waals surface area contributed by atoms with Crippen molar-refractivity contribution in [3.63, 3.8) is 0 Å². The van der Waals surface area contributed by atoms with Crippen LogP contribution >= 0.6 is 0 Å². The normalized spacial score (nSPS) is 24.2. The second-order valence-corrected chi connectivity index (χ2v) is 7.81. The summed E-state index contributed by atoms with van der Waals surface area (Å²) in [6.45, 7) is 6.32. The van der Waals surface area contributed by atoms with E-state index in [-0.39, 0.29) is 6.04 Å². The van der Waals surface area contributed by atoms with Crippen LogP contribution in [-0.4, -0.2) is 49.8 Å². The van der Waals surface area contributed by atoms with E-state index in [2.05, 4.69) is 18.7 Å². The molecule has 5 heteroatoms. The maximum atomic E-state index is 12.5. The van der Waals surface area contributed by atoms with Crippen LogP contribution in [0.2, 0.25) is 0 Å². The van der Waals surface area contributed by atoms with Gasteiger partial charge < -0.3 is 4.90 Å². The second-order valence-electron chi connectivity index (χ2n) is 5.93. The standard InChI is InChI=1S/C17H26N2O2S/c1-4-19-12-10-17(14-15(19)2)18(3)22(20,21)13-11-16-8-6-5-7-9-16/h5-9,11,13,15,17H,4,10,12,14H2,1-3H3/b13-11+/t15-,17+/m1/s1. The third kappa shape index (κ3) is 4.18. The van der Waals surface area contributed by atoms with Gasteiger partial charge in [0.25, 0.3) is 0 Å². The van der Waals surface area contributed by atoms with Crippen LogP contribution in [0.15, 0.2) is 35.7 Å². The van der Waals surface area contributed by atoms with Crippen LogP contribution in [0.25, 0.3) is 6.08 Å². The van der Waals surface area contributed by atoms with Gasteiger partial charge in [-0.2, -0.15) is 4.31 Å². The van der Waals surface area contributed by atoms with E-state index in [0.29, 0.717) is 6.04 Å². The van der Waals surface area contributed by atoms with Gasteiger partial charge in [0.15, 0.2) is 0 Å². The molecule has 0 unspecified atom stereocenters. The molecule has 1 fully saturated rings. The van der Waals surface area contributed by atoms with E-state index in [9.17, 15) is 8.42 Å². The molecule has 1 aliphatic heterocycles. The lowest BCUT2D eigenvalue weighted by molar-refractivity contribution is 0.122. The van der Waals surface area contributed by atoms with Crippen molar-refractivity contribution in [1.82, 2.24) is 9.21 Å². The zero-order chi connectivity index (χ0) is 16.2. The largest absolute Gasteiger partial charge is 0.301 e. The molecular weight excluding hydrogens is 296 g/mol. The van der Waals surface area contributed by atoms with Crippen molar-refractivity contribution in [3.8, 4) is 0 Å². The Bertz CT molecular complexity index is 598. The zero-order valence-electron chi connectivity index (χ0n) is 13.6. The molecule has 1 saturated heterocycles. The van der Waals surface area contributed by atoms with Crippen molar-refractivity contribution >= 4 is 16.1 Å². The molecule has 1 aromatic rings. The molecule has 2 atom stereocenters. The van der Waals surface area contributed by atoms with E-state index in [4.69, 9.17) is 0 Å². The Morgan fingerprint density at radius 3 is 2.59 bits per heavy atom. The van der Waals surface area contributed by atoms with E-state index in [1.165, 1.54) is 9.71 Å². The Hall–Kier alpha value is -1.17. The summed E-state index contributed by atoms with van der Waals surface area (Å²) in [6.07, 6.45) is 3.45. The quantitative estimate of drug-likeness (QED) is 0.837. The van der Waals surface area contributed by atoms with Gasteiger partial charge in [0.2, 0.25) is 10.0 Å². The first kappa shape index (κ1) is 17.2. The third-order valence-electron chi connectivity index (χ3n) is 4.54. The van der Waals surface area contributed by atoms with Crippen LogP contribution < -0.4 is 0 Å². The molecule has 0 aromatic heterocycles. The van der Waals surface area contributed by atoms with Crippen LogP contribution in [0, 0.1) is 0 Å². The van der Waals surface area contributed by atoms with Gasteiger partial charge in [-0.1, -0.05) is 37.3 Å². The summed E-state index contributed by atoms with van der Waals surface area (Å²) in [6, 6.07) is 10.0. The van der Waals surface area contributed by atoms with Gasteiger partial charge >= 0.3 is 0 Å². The van der Waals surface area contributed by atoms with Crippen molar-refractivity contribution in [2.45, 2.75) is 38.8 Å². The smallest absolute Gasteiger partial charge is 0.236 e. The number of nitrogens with zero attached hydrogens (tertiary/aromatic N) is 2. The number of piperidine rings is 1. The fraction of sp³-hybridized carbons (Fsp3) is 0.529. The zero-order valence-corrected chi connectivity index (χ0v) is 14.5. The molecule has 1 aromatic carbocycles. The van der Waals surface area contributed by atoms with Crippen molar-refractivity contribution in [3.05, 3.63) is 41.3 Å². The summed E-state index contributed by atoms with van der Waals surface area (Å²) in [5.41, 5.74) is 0.897. The fourth-order valence-electron chi connectivity index (χ4n) is 3.03. The Labute approximate surface area is 134 Å². The number of sulfonamides is 1. The lowest BCUT2D eigenvalue weighted by Crippen LogP contribution is -2.48. The number of likely N-dealkylation sites (tertiary alicyclic amines) is 1. The minimum atomic E-state index is -3.37. The maximum absolute atomic E-state index is 12.5. The summed E-state index contributed by atoms with van der Waals surface area (Å²) >= 11 is 0. The summed E-state index contributed by atoms with van der Waals surface area (Å²) in [5, 5.41) is 1.32. The van der Waals surface area contributed by atoms with E-state index in [1.807, 2.05) is 30.3 Å². The topological polar surface area (TPSA) is 40.6 Å².